The van der Waals surface area contributed by atoms with E-state index in [2.05, 4.69) is 22.4 Å². The number of hydrogen-bond acceptors (Lipinski definition) is 2. The Hall–Kier alpha value is -3.08. The Labute approximate surface area is 171 Å². The van der Waals surface area contributed by atoms with Gasteiger partial charge in [-0.3, -0.25) is 9.59 Å². The minimum atomic E-state index is -0.290. The highest BCUT2D eigenvalue weighted by atomic mass is 16.2. The monoisotopic (exact) mass is 389 g/mol. The van der Waals surface area contributed by atoms with E-state index in [1.54, 1.807) is 0 Å². The first-order valence-electron chi connectivity index (χ1n) is 10.0. The zero-order chi connectivity index (χ0) is 20.8. The number of carbonyl (C=O) groups is 2. The van der Waals surface area contributed by atoms with Crippen LogP contribution in [0.2, 0.25) is 0 Å². The van der Waals surface area contributed by atoms with Gasteiger partial charge in [-0.2, -0.15) is 0 Å². The van der Waals surface area contributed by atoms with E-state index in [1.807, 2.05) is 69.0 Å². The van der Waals surface area contributed by atoms with Gasteiger partial charge < -0.3 is 15.2 Å². The fourth-order valence-electron chi connectivity index (χ4n) is 4.27. The Morgan fingerprint density at radius 3 is 2.55 bits per heavy atom. The summed E-state index contributed by atoms with van der Waals surface area (Å²) < 4.78 is 0. The van der Waals surface area contributed by atoms with Crippen LogP contribution in [-0.2, 0) is 4.79 Å². The normalized spacial score (nSPS) is 16.3. The highest BCUT2D eigenvalue weighted by Gasteiger charge is 2.39. The van der Waals surface area contributed by atoms with Crippen LogP contribution in [0.4, 0.5) is 0 Å². The molecule has 0 aliphatic carbocycles. The molecule has 2 heterocycles. The van der Waals surface area contributed by atoms with E-state index in [9.17, 15) is 9.59 Å². The van der Waals surface area contributed by atoms with Crippen LogP contribution in [0.15, 0.2) is 48.5 Å². The number of H-pyrrole nitrogens is 1. The molecular weight excluding hydrogens is 362 g/mol. The van der Waals surface area contributed by atoms with Gasteiger partial charge >= 0.3 is 0 Å². The van der Waals surface area contributed by atoms with Crippen molar-refractivity contribution in [2.75, 3.05) is 6.54 Å². The predicted molar refractivity (Wildman–Crippen MR) is 115 cm³/mol. The number of aromatic nitrogens is 1. The van der Waals surface area contributed by atoms with Gasteiger partial charge in [-0.15, -0.1) is 0 Å². The minimum Gasteiger partial charge on any atom is -0.358 e. The second-order valence-electron chi connectivity index (χ2n) is 8.75. The summed E-state index contributed by atoms with van der Waals surface area (Å²) in [5, 5.41) is 4.10. The third kappa shape index (κ3) is 3.53. The highest BCUT2D eigenvalue weighted by molar-refractivity contribution is 6.01. The van der Waals surface area contributed by atoms with Crippen molar-refractivity contribution in [1.29, 1.82) is 0 Å². The lowest BCUT2D eigenvalue weighted by Crippen LogP contribution is -2.42. The SMILES string of the molecule is Cc1[nH]c2ccccc2c1C1c2ccccc2C(=O)N1CCC(=O)NC(C)(C)C. The molecule has 1 aliphatic rings. The third-order valence-corrected chi connectivity index (χ3v) is 5.37. The number of carbonyl (C=O) groups excluding carboxylic acids is 2. The van der Waals surface area contributed by atoms with Crippen molar-refractivity contribution in [2.24, 2.45) is 0 Å². The largest absolute Gasteiger partial charge is 0.358 e. The molecule has 2 N–H and O–H groups in total. The molecule has 150 valence electrons. The summed E-state index contributed by atoms with van der Waals surface area (Å²) in [4.78, 5) is 30.9. The van der Waals surface area contributed by atoms with E-state index in [1.165, 1.54) is 0 Å². The maximum atomic E-state index is 13.2. The lowest BCUT2D eigenvalue weighted by molar-refractivity contribution is -0.122. The lowest BCUT2D eigenvalue weighted by atomic mass is 9.95. The van der Waals surface area contributed by atoms with Gasteiger partial charge in [0.15, 0.2) is 0 Å². The molecule has 0 spiro atoms. The number of para-hydroxylation sites is 1. The molecular formula is C24H27N3O2. The Morgan fingerprint density at radius 2 is 1.79 bits per heavy atom. The Balaban J connectivity index is 1.73. The number of rotatable bonds is 4. The minimum absolute atomic E-state index is 0.0150. The number of benzene rings is 2. The van der Waals surface area contributed by atoms with Crippen molar-refractivity contribution in [3.05, 3.63) is 70.9 Å². The molecule has 0 fully saturated rings. The number of aryl methyl sites for hydroxylation is 1. The average molecular weight is 389 g/mol. The van der Waals surface area contributed by atoms with Crippen LogP contribution in [-0.4, -0.2) is 33.8 Å². The molecule has 5 nitrogen and oxygen atoms in total. The fourth-order valence-corrected chi connectivity index (χ4v) is 4.27. The molecule has 1 unspecified atom stereocenters. The molecule has 0 bridgehead atoms. The molecule has 0 saturated heterocycles. The molecule has 4 rings (SSSR count). The van der Waals surface area contributed by atoms with Crippen LogP contribution in [0.3, 0.4) is 0 Å². The second kappa shape index (κ2) is 7.07. The van der Waals surface area contributed by atoms with Gasteiger partial charge in [0.25, 0.3) is 5.91 Å². The third-order valence-electron chi connectivity index (χ3n) is 5.37. The highest BCUT2D eigenvalue weighted by Crippen LogP contribution is 2.42. The quantitative estimate of drug-likeness (QED) is 0.698. The van der Waals surface area contributed by atoms with Gasteiger partial charge in [0.05, 0.1) is 6.04 Å². The summed E-state index contributed by atoms with van der Waals surface area (Å²) in [5.74, 6) is -0.0607. The molecule has 29 heavy (non-hydrogen) atoms. The van der Waals surface area contributed by atoms with Gasteiger partial charge in [0.2, 0.25) is 5.91 Å². The molecule has 3 aromatic rings. The van der Waals surface area contributed by atoms with Gasteiger partial charge in [0, 0.05) is 46.2 Å². The standard InChI is InChI=1S/C24H27N3O2/c1-15-21(18-11-7-8-12-19(18)25-15)22-16-9-5-6-10-17(16)23(29)27(22)14-13-20(28)26-24(2,3)4/h5-12,22,25H,13-14H2,1-4H3,(H,26,28). The topological polar surface area (TPSA) is 65.2 Å². The molecule has 1 aliphatic heterocycles. The van der Waals surface area contributed by atoms with Crippen molar-refractivity contribution in [2.45, 2.75) is 45.7 Å². The molecule has 5 heteroatoms. The van der Waals surface area contributed by atoms with E-state index >= 15 is 0 Å². The maximum absolute atomic E-state index is 13.2. The first-order valence-corrected chi connectivity index (χ1v) is 10.0. The zero-order valence-electron chi connectivity index (χ0n) is 17.4. The van der Waals surface area contributed by atoms with E-state index in [4.69, 9.17) is 0 Å². The lowest BCUT2D eigenvalue weighted by Gasteiger charge is -2.27. The number of amides is 2. The number of aromatic amines is 1. The molecule has 1 atom stereocenters. The van der Waals surface area contributed by atoms with Crippen LogP contribution in [0.5, 0.6) is 0 Å². The number of nitrogens with zero attached hydrogens (tertiary/aromatic N) is 1. The fraction of sp³-hybridized carbons (Fsp3) is 0.333. The summed E-state index contributed by atoms with van der Waals surface area (Å²) in [6, 6.07) is 15.7. The van der Waals surface area contributed by atoms with Gasteiger partial charge in [-0.25, -0.2) is 0 Å². The number of fused-ring (bicyclic) bond motifs is 2. The number of hydrogen-bond donors (Lipinski definition) is 2. The van der Waals surface area contributed by atoms with E-state index < -0.39 is 0 Å². The van der Waals surface area contributed by atoms with Crippen molar-refractivity contribution in [3.8, 4) is 0 Å². The zero-order valence-corrected chi connectivity index (χ0v) is 17.4. The summed E-state index contributed by atoms with van der Waals surface area (Å²) in [6.45, 7) is 8.30. The predicted octanol–water partition coefficient (Wildman–Crippen LogP) is 4.33. The summed E-state index contributed by atoms with van der Waals surface area (Å²) in [7, 11) is 0. The smallest absolute Gasteiger partial charge is 0.255 e. The molecule has 2 aromatic carbocycles. The van der Waals surface area contributed by atoms with E-state index in [-0.39, 0.29) is 29.8 Å². The van der Waals surface area contributed by atoms with Crippen molar-refractivity contribution in [3.63, 3.8) is 0 Å². The first-order chi connectivity index (χ1) is 13.8. The van der Waals surface area contributed by atoms with Crippen molar-refractivity contribution >= 4 is 22.7 Å². The molecule has 0 radical (unpaired) electrons. The maximum Gasteiger partial charge on any atom is 0.255 e. The Bertz CT molecular complexity index is 1090. The van der Waals surface area contributed by atoms with Gasteiger partial charge in [-0.05, 0) is 45.4 Å². The Kier molecular flexibility index (Phi) is 4.69. The van der Waals surface area contributed by atoms with E-state index in [0.29, 0.717) is 6.54 Å². The number of nitrogens with one attached hydrogen (secondary N) is 2. The van der Waals surface area contributed by atoms with Crippen molar-refractivity contribution in [1.82, 2.24) is 15.2 Å². The van der Waals surface area contributed by atoms with Crippen LogP contribution in [0, 0.1) is 6.92 Å². The first kappa shape index (κ1) is 19.2. The summed E-state index contributed by atoms with van der Waals surface area (Å²) >= 11 is 0. The van der Waals surface area contributed by atoms with Crippen LogP contribution in [0.1, 0.15) is 60.4 Å². The average Bonchev–Trinajstić information content (AvgIpc) is 3.12. The summed E-state index contributed by atoms with van der Waals surface area (Å²) in [5.41, 5.74) is 4.64. The molecule has 0 saturated carbocycles. The van der Waals surface area contributed by atoms with Crippen LogP contribution < -0.4 is 5.32 Å². The second-order valence-corrected chi connectivity index (χ2v) is 8.75. The van der Waals surface area contributed by atoms with Gasteiger partial charge in [-0.1, -0.05) is 36.4 Å². The molecule has 2 amide bonds. The Morgan fingerprint density at radius 1 is 1.10 bits per heavy atom. The van der Waals surface area contributed by atoms with Crippen molar-refractivity contribution < 1.29 is 9.59 Å². The van der Waals surface area contributed by atoms with Gasteiger partial charge in [0.1, 0.15) is 0 Å². The molecule has 1 aromatic heterocycles. The summed E-state index contributed by atoms with van der Waals surface area (Å²) in [6.07, 6.45) is 0.273. The van der Waals surface area contributed by atoms with Crippen LogP contribution >= 0.6 is 0 Å². The van der Waals surface area contributed by atoms with Crippen LogP contribution in [0.25, 0.3) is 10.9 Å². The van der Waals surface area contributed by atoms with E-state index in [0.717, 1.165) is 33.3 Å².